The van der Waals surface area contributed by atoms with E-state index in [4.69, 9.17) is 27.9 Å². The van der Waals surface area contributed by atoms with E-state index < -0.39 is 23.0 Å². The van der Waals surface area contributed by atoms with E-state index in [0.717, 1.165) is 4.90 Å². The maximum atomic E-state index is 13.4. The van der Waals surface area contributed by atoms with Crippen LogP contribution < -0.4 is 15.5 Å². The lowest BCUT2D eigenvalue weighted by Crippen LogP contribution is -2.31. The molecule has 1 unspecified atom stereocenters. The van der Waals surface area contributed by atoms with E-state index in [-0.39, 0.29) is 30.5 Å². The van der Waals surface area contributed by atoms with Crippen LogP contribution in [0.15, 0.2) is 108 Å². The van der Waals surface area contributed by atoms with Gasteiger partial charge in [-0.1, -0.05) is 47.5 Å². The minimum Gasteiger partial charge on any atom is -0.462 e. The van der Waals surface area contributed by atoms with E-state index in [1.807, 2.05) is 0 Å². The molecule has 4 aromatic rings. The van der Waals surface area contributed by atoms with Crippen LogP contribution in [0.1, 0.15) is 39.6 Å². The topological polar surface area (TPSA) is 122 Å². The van der Waals surface area contributed by atoms with Gasteiger partial charge in [0.1, 0.15) is 5.70 Å². The average molecular weight is 689 g/mol. The van der Waals surface area contributed by atoms with Crippen LogP contribution in [0.25, 0.3) is 6.08 Å². The van der Waals surface area contributed by atoms with E-state index >= 15 is 0 Å². The lowest BCUT2D eigenvalue weighted by Gasteiger charge is -2.15. The third-order valence-corrected chi connectivity index (χ3v) is 8.81. The molecule has 1 fully saturated rings. The smallest absolute Gasteiger partial charge is 0.338 e. The molecule has 0 spiro atoms. The molecule has 0 aliphatic carbocycles. The molecule has 1 heterocycles. The number of imide groups is 1. The van der Waals surface area contributed by atoms with Gasteiger partial charge in [0.25, 0.3) is 11.8 Å². The summed E-state index contributed by atoms with van der Waals surface area (Å²) in [6.45, 7) is 1.94. The van der Waals surface area contributed by atoms with Gasteiger partial charge in [0.2, 0.25) is 11.8 Å². The molecule has 5 rings (SSSR count). The van der Waals surface area contributed by atoms with Crippen molar-refractivity contribution in [3.05, 3.63) is 129 Å². The van der Waals surface area contributed by atoms with Gasteiger partial charge in [0.05, 0.1) is 23.1 Å². The van der Waals surface area contributed by atoms with E-state index in [2.05, 4.69) is 10.6 Å². The first-order valence-corrected chi connectivity index (χ1v) is 16.0. The van der Waals surface area contributed by atoms with Crippen molar-refractivity contribution < 1.29 is 28.7 Å². The first kappa shape index (κ1) is 33.5. The number of hydrogen-bond donors (Lipinski definition) is 2. The molecule has 0 saturated carbocycles. The molecular formula is C35H27Cl2N3O6S. The fourth-order valence-corrected chi connectivity index (χ4v) is 6.20. The molecule has 9 nitrogen and oxygen atoms in total. The van der Waals surface area contributed by atoms with Gasteiger partial charge in [-0.05, 0) is 85.8 Å². The summed E-state index contributed by atoms with van der Waals surface area (Å²) in [7, 11) is 0. The molecule has 1 aliphatic heterocycles. The van der Waals surface area contributed by atoms with Crippen LogP contribution in [0.5, 0.6) is 0 Å². The maximum absolute atomic E-state index is 13.4. The number of hydrogen-bond acceptors (Lipinski definition) is 7. The van der Waals surface area contributed by atoms with Crippen LogP contribution in [-0.4, -0.2) is 41.5 Å². The van der Waals surface area contributed by atoms with Crippen molar-refractivity contribution in [1.82, 2.24) is 5.32 Å². The predicted molar refractivity (Wildman–Crippen MR) is 183 cm³/mol. The van der Waals surface area contributed by atoms with E-state index in [1.54, 1.807) is 79.7 Å². The Kier molecular flexibility index (Phi) is 10.8. The molecule has 1 atom stereocenters. The van der Waals surface area contributed by atoms with Crippen molar-refractivity contribution in [2.75, 3.05) is 16.8 Å². The Morgan fingerprint density at radius 2 is 1.53 bits per heavy atom. The lowest BCUT2D eigenvalue weighted by molar-refractivity contribution is -0.121. The number of amides is 4. The molecule has 47 heavy (non-hydrogen) atoms. The normalized spacial score (nSPS) is 14.6. The minimum atomic E-state index is -0.657. The van der Waals surface area contributed by atoms with E-state index in [0.29, 0.717) is 43.0 Å². The molecule has 2 N–H and O–H groups in total. The van der Waals surface area contributed by atoms with Gasteiger partial charge >= 0.3 is 5.97 Å². The van der Waals surface area contributed by atoms with Crippen LogP contribution in [0, 0.1) is 0 Å². The standard InChI is InChI=1S/C35H27Cl2N3O6S/c1-2-46-35(45)22-11-15-24(16-12-22)40-31(41)20-30(34(40)44)47-25-17-13-23(14-18-25)38-33(43)29(19-26-27(36)9-6-10-28(26)37)39-32(42)21-7-4-3-5-8-21/h3-19,30H,2,20H2,1H3,(H,38,43)(H,39,42)/b29-19-. The number of anilines is 2. The molecule has 1 saturated heterocycles. The number of benzene rings is 4. The molecule has 0 aromatic heterocycles. The molecule has 4 aromatic carbocycles. The minimum absolute atomic E-state index is 0.00148. The van der Waals surface area contributed by atoms with Crippen LogP contribution in [0.4, 0.5) is 11.4 Å². The quantitative estimate of drug-likeness (QED) is 0.105. The summed E-state index contributed by atoms with van der Waals surface area (Å²) >= 11 is 13.9. The van der Waals surface area contributed by atoms with Crippen molar-refractivity contribution in [3.8, 4) is 0 Å². The van der Waals surface area contributed by atoms with Gasteiger partial charge in [0.15, 0.2) is 0 Å². The fraction of sp³-hybridized carbons (Fsp3) is 0.114. The summed E-state index contributed by atoms with van der Waals surface area (Å²) in [4.78, 5) is 66.1. The Bertz CT molecular complexity index is 1840. The van der Waals surface area contributed by atoms with Crippen LogP contribution >= 0.6 is 35.0 Å². The second-order valence-electron chi connectivity index (χ2n) is 10.1. The SMILES string of the molecule is CCOC(=O)c1ccc(N2C(=O)CC(Sc3ccc(NC(=O)/C(=C/c4c(Cl)cccc4Cl)NC(=O)c4ccccc4)cc3)C2=O)cc1. The molecule has 238 valence electrons. The Hall–Kier alpha value is -4.90. The highest BCUT2D eigenvalue weighted by molar-refractivity contribution is 8.00. The summed E-state index contributed by atoms with van der Waals surface area (Å²) in [6.07, 6.45) is 1.41. The summed E-state index contributed by atoms with van der Waals surface area (Å²) < 4.78 is 4.98. The number of nitrogens with one attached hydrogen (secondary N) is 2. The Morgan fingerprint density at radius 1 is 0.872 bits per heavy atom. The second-order valence-corrected chi connectivity index (χ2v) is 12.2. The Labute approximate surface area is 284 Å². The van der Waals surface area contributed by atoms with E-state index in [1.165, 1.54) is 42.1 Å². The highest BCUT2D eigenvalue weighted by atomic mass is 35.5. The van der Waals surface area contributed by atoms with Crippen molar-refractivity contribution in [2.45, 2.75) is 23.5 Å². The molecular weight excluding hydrogens is 661 g/mol. The zero-order valence-corrected chi connectivity index (χ0v) is 27.2. The van der Waals surface area contributed by atoms with Gasteiger partial charge in [-0.15, -0.1) is 11.8 Å². The first-order valence-electron chi connectivity index (χ1n) is 14.4. The zero-order chi connectivity index (χ0) is 33.5. The Morgan fingerprint density at radius 3 is 2.17 bits per heavy atom. The van der Waals surface area contributed by atoms with Gasteiger partial charge in [-0.25, -0.2) is 9.69 Å². The zero-order valence-electron chi connectivity index (χ0n) is 24.9. The predicted octanol–water partition coefficient (Wildman–Crippen LogP) is 7.00. The highest BCUT2D eigenvalue weighted by Crippen LogP contribution is 2.35. The van der Waals surface area contributed by atoms with Crippen LogP contribution in [-0.2, 0) is 19.1 Å². The first-order chi connectivity index (χ1) is 22.6. The third-order valence-electron chi connectivity index (χ3n) is 6.95. The monoisotopic (exact) mass is 687 g/mol. The average Bonchev–Trinajstić information content (AvgIpc) is 3.35. The number of ether oxygens (including phenoxy) is 1. The van der Waals surface area contributed by atoms with Gasteiger partial charge in [0, 0.05) is 38.2 Å². The number of esters is 1. The largest absolute Gasteiger partial charge is 0.462 e. The second kappa shape index (κ2) is 15.1. The molecule has 0 radical (unpaired) electrons. The summed E-state index contributed by atoms with van der Waals surface area (Å²) in [5.74, 6) is -2.33. The Balaban J connectivity index is 1.27. The van der Waals surface area contributed by atoms with Crippen LogP contribution in [0.3, 0.4) is 0 Å². The number of nitrogens with zero attached hydrogens (tertiary/aromatic N) is 1. The maximum Gasteiger partial charge on any atom is 0.338 e. The number of rotatable bonds is 10. The fourth-order valence-electron chi connectivity index (χ4n) is 4.64. The number of thioether (sulfide) groups is 1. The number of halogens is 2. The summed E-state index contributed by atoms with van der Waals surface area (Å²) in [5, 5.41) is 5.35. The molecule has 0 bridgehead atoms. The number of carbonyl (C=O) groups is 5. The van der Waals surface area contributed by atoms with E-state index in [9.17, 15) is 24.0 Å². The molecule has 4 amide bonds. The lowest BCUT2D eigenvalue weighted by atomic mass is 10.1. The van der Waals surface area contributed by atoms with Crippen molar-refractivity contribution in [2.24, 2.45) is 0 Å². The van der Waals surface area contributed by atoms with Gasteiger partial charge in [-0.3, -0.25) is 19.2 Å². The van der Waals surface area contributed by atoms with Crippen molar-refractivity contribution in [3.63, 3.8) is 0 Å². The summed E-state index contributed by atoms with van der Waals surface area (Å²) in [5.41, 5.74) is 1.74. The highest BCUT2D eigenvalue weighted by Gasteiger charge is 2.40. The van der Waals surface area contributed by atoms with Gasteiger partial charge in [-0.2, -0.15) is 0 Å². The third kappa shape index (κ3) is 8.10. The molecule has 12 heteroatoms. The van der Waals surface area contributed by atoms with Gasteiger partial charge < -0.3 is 15.4 Å². The number of carbonyl (C=O) groups excluding carboxylic acids is 5. The summed E-state index contributed by atoms with van der Waals surface area (Å²) in [6, 6.07) is 26.2. The van der Waals surface area contributed by atoms with Crippen LogP contribution in [0.2, 0.25) is 10.0 Å². The van der Waals surface area contributed by atoms with Crippen molar-refractivity contribution in [1.29, 1.82) is 0 Å². The van der Waals surface area contributed by atoms with Crippen molar-refractivity contribution >= 4 is 82.0 Å². The molecule has 1 aliphatic rings.